The van der Waals surface area contributed by atoms with Crippen molar-refractivity contribution < 1.29 is 22.4 Å². The molecular weight excluding hydrogens is 445 g/mol. The molecule has 0 aromatic heterocycles. The first-order chi connectivity index (χ1) is 15.4. The molecule has 2 amide bonds. The summed E-state index contributed by atoms with van der Waals surface area (Å²) >= 11 is 0. The van der Waals surface area contributed by atoms with E-state index < -0.39 is 34.3 Å². The lowest BCUT2D eigenvalue weighted by Gasteiger charge is -2.31. The number of hydrogen-bond acceptors (Lipinski definition) is 4. The molecule has 0 aliphatic rings. The van der Waals surface area contributed by atoms with Gasteiger partial charge in [0.2, 0.25) is 21.8 Å². The van der Waals surface area contributed by atoms with Gasteiger partial charge in [0.05, 0.1) is 11.9 Å². The summed E-state index contributed by atoms with van der Waals surface area (Å²) in [5.41, 5.74) is 1.93. The van der Waals surface area contributed by atoms with Crippen LogP contribution >= 0.6 is 0 Å². The summed E-state index contributed by atoms with van der Waals surface area (Å²) in [6, 6.07) is 11.5. The minimum atomic E-state index is -3.77. The number of carbonyl (C=O) groups excluding carboxylic acids is 2. The van der Waals surface area contributed by atoms with E-state index in [2.05, 4.69) is 5.32 Å². The minimum absolute atomic E-state index is 0.0286. The van der Waals surface area contributed by atoms with E-state index in [0.29, 0.717) is 17.8 Å². The van der Waals surface area contributed by atoms with Gasteiger partial charge in [0, 0.05) is 13.1 Å². The molecule has 2 rings (SSSR count). The van der Waals surface area contributed by atoms with Gasteiger partial charge >= 0.3 is 0 Å². The van der Waals surface area contributed by atoms with Gasteiger partial charge in [0.1, 0.15) is 18.4 Å². The molecule has 0 radical (unpaired) electrons. The minimum Gasteiger partial charge on any atom is -0.354 e. The fraction of sp³-hybridized carbons (Fsp3) is 0.417. The molecule has 2 aromatic rings. The van der Waals surface area contributed by atoms with Crippen LogP contribution in [0.3, 0.4) is 0 Å². The lowest BCUT2D eigenvalue weighted by Crippen LogP contribution is -2.51. The SMILES string of the molecule is Cc1ccc(N(CC(=O)N(Cc2ccc(F)cc2)[C@@H](C)C(=O)NCC(C)C)S(C)(=O)=O)cc1. The number of halogens is 1. The maximum atomic E-state index is 13.4. The Kier molecular flexibility index (Phi) is 8.99. The van der Waals surface area contributed by atoms with Crippen molar-refractivity contribution in [2.45, 2.75) is 40.3 Å². The first-order valence-electron chi connectivity index (χ1n) is 10.7. The van der Waals surface area contributed by atoms with Crippen molar-refractivity contribution in [1.82, 2.24) is 10.2 Å². The number of sulfonamides is 1. The summed E-state index contributed by atoms with van der Waals surface area (Å²) in [5, 5.41) is 2.81. The van der Waals surface area contributed by atoms with Crippen LogP contribution < -0.4 is 9.62 Å². The predicted molar refractivity (Wildman–Crippen MR) is 128 cm³/mol. The van der Waals surface area contributed by atoms with E-state index in [1.807, 2.05) is 20.8 Å². The molecule has 0 aliphatic carbocycles. The van der Waals surface area contributed by atoms with Crippen molar-refractivity contribution >= 4 is 27.5 Å². The number of hydrogen-bond donors (Lipinski definition) is 1. The second-order valence-corrected chi connectivity index (χ2v) is 10.5. The van der Waals surface area contributed by atoms with Gasteiger partial charge < -0.3 is 10.2 Å². The Morgan fingerprint density at radius 3 is 2.09 bits per heavy atom. The zero-order chi connectivity index (χ0) is 24.8. The molecule has 0 spiro atoms. The summed E-state index contributed by atoms with van der Waals surface area (Å²) in [6.45, 7) is 7.39. The average Bonchev–Trinajstić information content (AvgIpc) is 2.74. The highest BCUT2D eigenvalue weighted by atomic mass is 32.2. The van der Waals surface area contributed by atoms with E-state index in [9.17, 15) is 22.4 Å². The van der Waals surface area contributed by atoms with Crippen LogP contribution in [0.25, 0.3) is 0 Å². The highest BCUT2D eigenvalue weighted by Gasteiger charge is 2.30. The second kappa shape index (κ2) is 11.3. The van der Waals surface area contributed by atoms with E-state index in [-0.39, 0.29) is 18.4 Å². The van der Waals surface area contributed by atoms with Gasteiger partial charge in [-0.2, -0.15) is 0 Å². The number of rotatable bonds is 10. The Morgan fingerprint density at radius 1 is 1.00 bits per heavy atom. The molecule has 7 nitrogen and oxygen atoms in total. The van der Waals surface area contributed by atoms with E-state index >= 15 is 0 Å². The number of nitrogens with zero attached hydrogens (tertiary/aromatic N) is 2. The maximum Gasteiger partial charge on any atom is 0.244 e. The van der Waals surface area contributed by atoms with Crippen molar-refractivity contribution in [2.75, 3.05) is 23.7 Å². The molecule has 1 N–H and O–H groups in total. The van der Waals surface area contributed by atoms with Gasteiger partial charge in [-0.25, -0.2) is 12.8 Å². The molecule has 1 atom stereocenters. The monoisotopic (exact) mass is 477 g/mol. The van der Waals surface area contributed by atoms with E-state index in [1.54, 1.807) is 31.2 Å². The van der Waals surface area contributed by atoms with Crippen molar-refractivity contribution in [3.63, 3.8) is 0 Å². The Bertz CT molecular complexity index is 1050. The summed E-state index contributed by atoms with van der Waals surface area (Å²) < 4.78 is 39.3. The molecular formula is C24H32FN3O4S. The summed E-state index contributed by atoms with van der Waals surface area (Å²) in [7, 11) is -3.77. The van der Waals surface area contributed by atoms with Crippen LogP contribution in [0, 0.1) is 18.7 Å². The zero-order valence-electron chi connectivity index (χ0n) is 19.7. The third kappa shape index (κ3) is 7.85. The molecule has 2 aromatic carbocycles. The van der Waals surface area contributed by atoms with Gasteiger partial charge in [0.25, 0.3) is 0 Å². The molecule has 0 fully saturated rings. The third-order valence-electron chi connectivity index (χ3n) is 5.12. The molecule has 180 valence electrons. The first-order valence-corrected chi connectivity index (χ1v) is 12.6. The number of carbonyl (C=O) groups is 2. The van der Waals surface area contributed by atoms with Gasteiger partial charge in [-0.15, -0.1) is 0 Å². The fourth-order valence-corrected chi connectivity index (χ4v) is 4.00. The lowest BCUT2D eigenvalue weighted by molar-refractivity contribution is -0.139. The van der Waals surface area contributed by atoms with Gasteiger partial charge in [-0.3, -0.25) is 13.9 Å². The topological polar surface area (TPSA) is 86.8 Å². The second-order valence-electron chi connectivity index (χ2n) is 8.57. The molecule has 0 unspecified atom stereocenters. The van der Waals surface area contributed by atoms with Crippen molar-refractivity contribution in [1.29, 1.82) is 0 Å². The molecule has 0 heterocycles. The Hall–Kier alpha value is -2.94. The molecule has 0 bridgehead atoms. The van der Waals surface area contributed by atoms with Crippen LogP contribution in [0.4, 0.5) is 10.1 Å². The third-order valence-corrected chi connectivity index (χ3v) is 6.26. The van der Waals surface area contributed by atoms with Gasteiger partial charge in [-0.1, -0.05) is 43.7 Å². The highest BCUT2D eigenvalue weighted by Crippen LogP contribution is 2.19. The van der Waals surface area contributed by atoms with Crippen molar-refractivity contribution in [2.24, 2.45) is 5.92 Å². The van der Waals surface area contributed by atoms with E-state index in [4.69, 9.17) is 0 Å². The maximum absolute atomic E-state index is 13.4. The van der Waals surface area contributed by atoms with Gasteiger partial charge in [-0.05, 0) is 49.6 Å². The van der Waals surface area contributed by atoms with Crippen molar-refractivity contribution in [3.8, 4) is 0 Å². The zero-order valence-corrected chi connectivity index (χ0v) is 20.5. The van der Waals surface area contributed by atoms with Crippen LogP contribution in [0.1, 0.15) is 31.9 Å². The summed E-state index contributed by atoms with van der Waals surface area (Å²) in [5.74, 6) is -1.08. The van der Waals surface area contributed by atoms with E-state index in [1.165, 1.54) is 29.2 Å². The lowest BCUT2D eigenvalue weighted by atomic mass is 10.1. The standard InChI is InChI=1S/C24H32FN3O4S/c1-17(2)14-26-24(30)19(4)27(15-20-8-10-21(25)11-9-20)23(29)16-28(33(5,31)32)22-12-6-18(3)7-13-22/h6-13,17,19H,14-16H2,1-5H3,(H,26,30)/t19-/m0/s1. The Labute approximate surface area is 195 Å². The summed E-state index contributed by atoms with van der Waals surface area (Å²) in [6.07, 6.45) is 1.03. The quantitative estimate of drug-likeness (QED) is 0.570. The Morgan fingerprint density at radius 2 is 1.58 bits per heavy atom. The fourth-order valence-electron chi connectivity index (χ4n) is 3.15. The van der Waals surface area contributed by atoms with Crippen LogP contribution in [0.2, 0.25) is 0 Å². The molecule has 0 aliphatic heterocycles. The number of anilines is 1. The van der Waals surface area contributed by atoms with Gasteiger partial charge in [0.15, 0.2) is 0 Å². The normalized spacial score (nSPS) is 12.3. The largest absolute Gasteiger partial charge is 0.354 e. The van der Waals surface area contributed by atoms with Crippen molar-refractivity contribution in [3.05, 3.63) is 65.5 Å². The number of benzene rings is 2. The number of aryl methyl sites for hydroxylation is 1. The first kappa shape index (κ1) is 26.3. The van der Waals surface area contributed by atoms with Crippen LogP contribution in [-0.4, -0.2) is 50.5 Å². The number of amides is 2. The average molecular weight is 478 g/mol. The van der Waals surface area contributed by atoms with Crippen LogP contribution in [0.5, 0.6) is 0 Å². The molecule has 9 heteroatoms. The number of nitrogens with one attached hydrogen (secondary N) is 1. The molecule has 0 saturated carbocycles. The molecule has 33 heavy (non-hydrogen) atoms. The predicted octanol–water partition coefficient (Wildman–Crippen LogP) is 3.09. The summed E-state index contributed by atoms with van der Waals surface area (Å²) in [4.78, 5) is 27.4. The molecule has 0 saturated heterocycles. The smallest absolute Gasteiger partial charge is 0.244 e. The Balaban J connectivity index is 2.34. The van der Waals surface area contributed by atoms with E-state index in [0.717, 1.165) is 16.1 Å². The highest BCUT2D eigenvalue weighted by molar-refractivity contribution is 7.92. The van der Waals surface area contributed by atoms with Crippen LogP contribution in [-0.2, 0) is 26.2 Å². The van der Waals surface area contributed by atoms with Crippen LogP contribution in [0.15, 0.2) is 48.5 Å².